The second kappa shape index (κ2) is 24.0. The Kier molecular flexibility index (Phi) is 18.5. The summed E-state index contributed by atoms with van der Waals surface area (Å²) in [4.78, 5) is 30.3. The lowest BCUT2D eigenvalue weighted by atomic mass is 9.81. The highest BCUT2D eigenvalue weighted by atomic mass is 127. The average molecular weight is 899 g/mol. The second-order valence-electron chi connectivity index (χ2n) is 12.3. The lowest BCUT2D eigenvalue weighted by Gasteiger charge is -2.10. The standard InChI is InChI=1S/C21H19NO4.C17H17IO3.C6H8BNO3/c1-25-21-19(6-3-11-22-21)17-7-9-18(10-8-17)26-14-16-5-2-4-15(12-16)13-20(23)24;1-2-20-17(19)11-13-4-3-5-14(10-13)12-21-16-8-6-15(18)7-9-16;1-11-6-5(7(9)10)3-2-4-8-6/h2-12H,13-14H2,1H3,(H,23,24);3-10H,2,11-12H2,1H3;2-4,9-10H,1H3. The molecule has 0 aliphatic heterocycles. The van der Waals surface area contributed by atoms with E-state index in [1.54, 1.807) is 25.4 Å². The highest BCUT2D eigenvalue weighted by Crippen LogP contribution is 2.29. The van der Waals surface area contributed by atoms with Crippen molar-refractivity contribution >= 4 is 47.1 Å². The Bertz CT molecular complexity index is 2190. The number of benzene rings is 4. The van der Waals surface area contributed by atoms with Crippen molar-refractivity contribution in [3.05, 3.63) is 160 Å². The summed E-state index contributed by atoms with van der Waals surface area (Å²) >= 11 is 2.26. The van der Waals surface area contributed by atoms with Crippen LogP contribution in [0, 0.1) is 3.57 Å². The quantitative estimate of drug-likeness (QED) is 0.0568. The Labute approximate surface area is 351 Å². The second-order valence-corrected chi connectivity index (χ2v) is 13.5. The summed E-state index contributed by atoms with van der Waals surface area (Å²) in [5.74, 6) is 1.35. The van der Waals surface area contributed by atoms with Gasteiger partial charge in [0, 0.05) is 27.0 Å². The zero-order valence-corrected chi connectivity index (χ0v) is 34.4. The molecule has 0 saturated heterocycles. The Morgan fingerprint density at radius 2 is 1.17 bits per heavy atom. The molecular formula is C44H44BIN2O10. The molecule has 14 heteroatoms. The van der Waals surface area contributed by atoms with Gasteiger partial charge in [-0.2, -0.15) is 0 Å². The van der Waals surface area contributed by atoms with Crippen LogP contribution >= 0.6 is 22.6 Å². The fraction of sp³-hybridized carbons (Fsp3) is 0.182. The number of carboxylic acids is 1. The van der Waals surface area contributed by atoms with E-state index in [4.69, 9.17) is 38.8 Å². The zero-order valence-electron chi connectivity index (χ0n) is 32.3. The van der Waals surface area contributed by atoms with Crippen LogP contribution in [0.5, 0.6) is 23.3 Å². The van der Waals surface area contributed by atoms with Crippen molar-refractivity contribution < 1.29 is 48.4 Å². The number of nitrogens with zero attached hydrogens (tertiary/aromatic N) is 2. The van der Waals surface area contributed by atoms with Crippen molar-refractivity contribution in [1.82, 2.24) is 9.97 Å². The molecule has 0 radical (unpaired) electrons. The van der Waals surface area contributed by atoms with Crippen LogP contribution in [0.25, 0.3) is 11.1 Å². The van der Waals surface area contributed by atoms with Gasteiger partial charge in [-0.25, -0.2) is 9.97 Å². The molecule has 12 nitrogen and oxygen atoms in total. The van der Waals surface area contributed by atoms with Gasteiger partial charge in [-0.1, -0.05) is 66.7 Å². The van der Waals surface area contributed by atoms with E-state index in [1.807, 2.05) is 110 Å². The van der Waals surface area contributed by atoms with Gasteiger partial charge in [-0.05, 0) is 112 Å². The molecule has 0 aliphatic rings. The summed E-state index contributed by atoms with van der Waals surface area (Å²) < 4.78 is 27.7. The maximum Gasteiger partial charge on any atom is 0.493 e. The summed E-state index contributed by atoms with van der Waals surface area (Å²) in [6.45, 7) is 3.08. The number of rotatable bonds is 15. The number of methoxy groups -OCH3 is 2. The number of carbonyl (C=O) groups is 2. The Balaban J connectivity index is 0.000000208. The van der Waals surface area contributed by atoms with Crippen LogP contribution in [0.15, 0.2) is 134 Å². The van der Waals surface area contributed by atoms with Crippen molar-refractivity contribution in [3.8, 4) is 34.4 Å². The Morgan fingerprint density at radius 3 is 1.69 bits per heavy atom. The van der Waals surface area contributed by atoms with E-state index in [0.29, 0.717) is 32.1 Å². The van der Waals surface area contributed by atoms with Gasteiger partial charge in [-0.3, -0.25) is 9.59 Å². The molecule has 0 amide bonds. The van der Waals surface area contributed by atoms with Crippen LogP contribution in [0.2, 0.25) is 0 Å². The third kappa shape index (κ3) is 15.2. The maximum absolute atomic E-state index is 11.5. The third-order valence-electron chi connectivity index (χ3n) is 8.02. The minimum absolute atomic E-state index is 0.00941. The first kappa shape index (κ1) is 44.7. The molecule has 4 aromatic carbocycles. The van der Waals surface area contributed by atoms with Crippen LogP contribution in [0.1, 0.15) is 29.2 Å². The number of ether oxygens (including phenoxy) is 5. The van der Waals surface area contributed by atoms with Gasteiger partial charge in [0.15, 0.2) is 0 Å². The van der Waals surface area contributed by atoms with Crippen molar-refractivity contribution in [3.63, 3.8) is 0 Å². The monoisotopic (exact) mass is 898 g/mol. The summed E-state index contributed by atoms with van der Waals surface area (Å²) in [5, 5.41) is 26.4. The van der Waals surface area contributed by atoms with E-state index in [9.17, 15) is 9.59 Å². The van der Waals surface area contributed by atoms with Crippen molar-refractivity contribution in [1.29, 1.82) is 0 Å². The van der Waals surface area contributed by atoms with Gasteiger partial charge < -0.3 is 38.8 Å². The summed E-state index contributed by atoms with van der Waals surface area (Å²) in [5.41, 5.74) is 5.86. The molecule has 2 heterocycles. The van der Waals surface area contributed by atoms with Gasteiger partial charge in [0.05, 0.1) is 33.7 Å². The predicted octanol–water partition coefficient (Wildman–Crippen LogP) is 6.71. The third-order valence-corrected chi connectivity index (χ3v) is 8.74. The van der Waals surface area contributed by atoms with E-state index in [0.717, 1.165) is 44.9 Å². The SMILES string of the molecule is CCOC(=O)Cc1cccc(COc2ccc(I)cc2)c1.COc1ncccc1-c1ccc(OCc2cccc(CC(=O)O)c2)cc1.COc1ncccc1B(O)O. The first-order valence-electron chi connectivity index (χ1n) is 18.1. The Morgan fingerprint density at radius 1 is 0.655 bits per heavy atom. The molecule has 0 saturated carbocycles. The van der Waals surface area contributed by atoms with Crippen LogP contribution in [0.4, 0.5) is 0 Å². The molecule has 6 aromatic rings. The van der Waals surface area contributed by atoms with Gasteiger partial charge in [-0.15, -0.1) is 0 Å². The Hall–Kier alpha value is -5.97. The zero-order chi connectivity index (χ0) is 41.7. The van der Waals surface area contributed by atoms with E-state index < -0.39 is 13.1 Å². The predicted molar refractivity (Wildman–Crippen MR) is 229 cm³/mol. The fourth-order valence-corrected chi connectivity index (χ4v) is 5.71. The molecule has 300 valence electrons. The molecule has 2 aromatic heterocycles. The van der Waals surface area contributed by atoms with Crippen molar-refractivity contribution in [2.45, 2.75) is 33.0 Å². The number of halogens is 1. The minimum Gasteiger partial charge on any atom is -0.489 e. The number of esters is 1. The lowest BCUT2D eigenvalue weighted by Crippen LogP contribution is -2.31. The first-order chi connectivity index (χ1) is 28.1. The highest BCUT2D eigenvalue weighted by molar-refractivity contribution is 14.1. The largest absolute Gasteiger partial charge is 0.493 e. The molecule has 0 atom stereocenters. The van der Waals surface area contributed by atoms with Gasteiger partial charge in [0.1, 0.15) is 24.7 Å². The molecule has 3 N–H and O–H groups in total. The molecule has 0 spiro atoms. The van der Waals surface area contributed by atoms with Crippen molar-refractivity contribution in [2.24, 2.45) is 0 Å². The normalized spacial score (nSPS) is 10.1. The summed E-state index contributed by atoms with van der Waals surface area (Å²) in [6.07, 6.45) is 3.52. The topological polar surface area (TPSA) is 167 Å². The average Bonchev–Trinajstić information content (AvgIpc) is 3.23. The maximum atomic E-state index is 11.5. The smallest absolute Gasteiger partial charge is 0.489 e. The molecule has 6 rings (SSSR count). The van der Waals surface area contributed by atoms with E-state index in [1.165, 1.54) is 22.9 Å². The number of pyridine rings is 2. The number of carboxylic acid groups (broad SMARTS) is 1. The number of aliphatic carboxylic acids is 1. The fourth-order valence-electron chi connectivity index (χ4n) is 5.35. The highest BCUT2D eigenvalue weighted by Gasteiger charge is 2.16. The number of hydrogen-bond donors (Lipinski definition) is 3. The molecule has 0 unspecified atom stereocenters. The van der Waals surface area contributed by atoms with Gasteiger partial charge >= 0.3 is 19.1 Å². The molecule has 0 bridgehead atoms. The molecule has 58 heavy (non-hydrogen) atoms. The summed E-state index contributed by atoms with van der Waals surface area (Å²) in [7, 11) is 1.49. The van der Waals surface area contributed by atoms with E-state index in [-0.39, 0.29) is 23.7 Å². The number of carbonyl (C=O) groups excluding carboxylic acids is 1. The van der Waals surface area contributed by atoms with Crippen LogP contribution in [-0.2, 0) is 40.4 Å². The van der Waals surface area contributed by atoms with Crippen molar-refractivity contribution in [2.75, 3.05) is 20.8 Å². The van der Waals surface area contributed by atoms with Gasteiger partial charge in [0.25, 0.3) is 0 Å². The van der Waals surface area contributed by atoms with Crippen LogP contribution in [0.3, 0.4) is 0 Å². The molecular weight excluding hydrogens is 854 g/mol. The van der Waals surface area contributed by atoms with E-state index in [2.05, 4.69) is 32.6 Å². The first-order valence-corrected chi connectivity index (χ1v) is 19.1. The summed E-state index contributed by atoms with van der Waals surface area (Å²) in [6, 6.07) is 37.8. The molecule has 0 aliphatic carbocycles. The van der Waals surface area contributed by atoms with Crippen LogP contribution < -0.4 is 24.4 Å². The number of aromatic nitrogens is 2. The van der Waals surface area contributed by atoms with E-state index >= 15 is 0 Å². The number of hydrogen-bond acceptors (Lipinski definition) is 11. The minimum atomic E-state index is -1.53. The molecule has 0 fully saturated rings. The van der Waals surface area contributed by atoms with Crippen LogP contribution in [-0.4, -0.2) is 65.0 Å². The lowest BCUT2D eigenvalue weighted by molar-refractivity contribution is -0.142. The van der Waals surface area contributed by atoms with Gasteiger partial charge in [0.2, 0.25) is 11.8 Å².